The van der Waals surface area contributed by atoms with Crippen LogP contribution >= 0.6 is 0 Å². The minimum absolute atomic E-state index is 0.157. The maximum absolute atomic E-state index is 11.7. The van der Waals surface area contributed by atoms with E-state index in [0.717, 1.165) is 4.31 Å². The highest BCUT2D eigenvalue weighted by Gasteiger charge is 2.26. The maximum atomic E-state index is 11.7. The van der Waals surface area contributed by atoms with E-state index in [9.17, 15) is 13.2 Å². The zero-order chi connectivity index (χ0) is 12.8. The highest BCUT2D eigenvalue weighted by atomic mass is 32.2. The fraction of sp³-hybridized carbons (Fsp3) is 0.875. The van der Waals surface area contributed by atoms with Gasteiger partial charge in [-0.1, -0.05) is 13.8 Å². The third-order valence-electron chi connectivity index (χ3n) is 2.05. The van der Waals surface area contributed by atoms with Gasteiger partial charge in [-0.3, -0.25) is 4.79 Å². The number of carboxylic acids is 1. The van der Waals surface area contributed by atoms with E-state index < -0.39 is 28.8 Å². The predicted octanol–water partition coefficient (Wildman–Crippen LogP) is -1.00. The zero-order valence-corrected chi connectivity index (χ0v) is 10.2. The van der Waals surface area contributed by atoms with Crippen LogP contribution in [0.3, 0.4) is 0 Å². The number of hydrogen-bond donors (Lipinski definition) is 3. The minimum atomic E-state index is -3.80. The van der Waals surface area contributed by atoms with Crippen molar-refractivity contribution in [3.8, 4) is 0 Å². The van der Waals surface area contributed by atoms with Crippen LogP contribution in [0.15, 0.2) is 0 Å². The van der Waals surface area contributed by atoms with Crippen molar-refractivity contribution in [2.45, 2.75) is 26.3 Å². The molecule has 0 amide bonds. The van der Waals surface area contributed by atoms with Crippen LogP contribution in [0.1, 0.15) is 20.3 Å². The second kappa shape index (κ2) is 6.79. The third kappa shape index (κ3) is 4.44. The zero-order valence-electron chi connectivity index (χ0n) is 9.38. The minimum Gasteiger partial charge on any atom is -0.480 e. The SMILES string of the molecule is CCN(CC)S(=O)(=O)N[C@@H](CCO)C(=O)O. The summed E-state index contributed by atoms with van der Waals surface area (Å²) in [6.45, 7) is 3.45. The normalized spacial score (nSPS) is 14.0. The van der Waals surface area contributed by atoms with Gasteiger partial charge in [0.2, 0.25) is 0 Å². The summed E-state index contributed by atoms with van der Waals surface area (Å²) in [6.07, 6.45) is -0.157. The fourth-order valence-electron chi connectivity index (χ4n) is 1.18. The van der Waals surface area contributed by atoms with Crippen molar-refractivity contribution in [1.82, 2.24) is 9.03 Å². The van der Waals surface area contributed by atoms with Crippen LogP contribution in [0.4, 0.5) is 0 Å². The molecule has 96 valence electrons. The molecule has 0 bridgehead atoms. The fourth-order valence-corrected chi connectivity index (χ4v) is 2.59. The van der Waals surface area contributed by atoms with Crippen molar-refractivity contribution in [2.75, 3.05) is 19.7 Å². The molecule has 0 aromatic carbocycles. The Morgan fingerprint density at radius 2 is 1.88 bits per heavy atom. The molecule has 0 rings (SSSR count). The van der Waals surface area contributed by atoms with Gasteiger partial charge in [0.1, 0.15) is 6.04 Å². The average Bonchev–Trinajstić information content (AvgIpc) is 2.18. The van der Waals surface area contributed by atoms with E-state index in [-0.39, 0.29) is 19.5 Å². The Labute approximate surface area is 95.2 Å². The highest BCUT2D eigenvalue weighted by Crippen LogP contribution is 2.01. The molecule has 0 spiro atoms. The lowest BCUT2D eigenvalue weighted by atomic mass is 10.2. The van der Waals surface area contributed by atoms with E-state index in [4.69, 9.17) is 10.2 Å². The van der Waals surface area contributed by atoms with Crippen LogP contribution in [0.25, 0.3) is 0 Å². The van der Waals surface area contributed by atoms with Crippen LogP contribution in [0.5, 0.6) is 0 Å². The van der Waals surface area contributed by atoms with Crippen molar-refractivity contribution in [3.05, 3.63) is 0 Å². The van der Waals surface area contributed by atoms with Gasteiger partial charge in [0.15, 0.2) is 0 Å². The molecular weight excluding hydrogens is 236 g/mol. The van der Waals surface area contributed by atoms with E-state index in [0.29, 0.717) is 0 Å². The number of aliphatic carboxylic acids is 1. The smallest absolute Gasteiger partial charge is 0.321 e. The number of carboxylic acid groups (broad SMARTS) is 1. The molecule has 0 unspecified atom stereocenters. The van der Waals surface area contributed by atoms with E-state index >= 15 is 0 Å². The quantitative estimate of drug-likeness (QED) is 0.515. The Hall–Kier alpha value is -0.700. The third-order valence-corrected chi connectivity index (χ3v) is 3.83. The number of hydrogen-bond acceptors (Lipinski definition) is 4. The van der Waals surface area contributed by atoms with Gasteiger partial charge in [0, 0.05) is 19.7 Å². The summed E-state index contributed by atoms with van der Waals surface area (Å²) < 4.78 is 26.5. The molecule has 16 heavy (non-hydrogen) atoms. The van der Waals surface area contributed by atoms with Gasteiger partial charge in [-0.25, -0.2) is 0 Å². The summed E-state index contributed by atoms with van der Waals surface area (Å²) in [5.41, 5.74) is 0. The first-order valence-corrected chi connectivity index (χ1v) is 6.44. The standard InChI is InChI=1S/C8H18N2O5S/c1-3-10(4-2)16(14,15)9-7(5-6-11)8(12)13/h7,9,11H,3-6H2,1-2H3,(H,12,13)/t7-/m0/s1. The Morgan fingerprint density at radius 3 is 2.19 bits per heavy atom. The van der Waals surface area contributed by atoms with Crippen LogP contribution in [-0.4, -0.2) is 54.6 Å². The predicted molar refractivity (Wildman–Crippen MR) is 58.1 cm³/mol. The van der Waals surface area contributed by atoms with Gasteiger partial charge in [-0.2, -0.15) is 17.4 Å². The Balaban J connectivity index is 4.71. The molecular formula is C8H18N2O5S. The van der Waals surface area contributed by atoms with Crippen molar-refractivity contribution < 1.29 is 23.4 Å². The highest BCUT2D eigenvalue weighted by molar-refractivity contribution is 7.87. The van der Waals surface area contributed by atoms with Crippen molar-refractivity contribution in [2.24, 2.45) is 0 Å². The van der Waals surface area contributed by atoms with Crippen molar-refractivity contribution >= 4 is 16.2 Å². The molecule has 0 heterocycles. The molecule has 0 aromatic heterocycles. The second-order valence-corrected chi connectivity index (χ2v) is 4.81. The van der Waals surface area contributed by atoms with Crippen LogP contribution in [0, 0.1) is 0 Å². The number of rotatable bonds is 8. The van der Waals surface area contributed by atoms with Crippen LogP contribution in [0.2, 0.25) is 0 Å². The summed E-state index contributed by atoms with van der Waals surface area (Å²) in [7, 11) is -3.80. The largest absolute Gasteiger partial charge is 0.480 e. The lowest BCUT2D eigenvalue weighted by molar-refractivity contribution is -0.139. The summed E-state index contributed by atoms with van der Waals surface area (Å²) in [5.74, 6) is -1.30. The molecule has 8 heteroatoms. The summed E-state index contributed by atoms with van der Waals surface area (Å²) in [4.78, 5) is 10.7. The molecule has 0 radical (unpaired) electrons. The Morgan fingerprint density at radius 1 is 1.38 bits per heavy atom. The van der Waals surface area contributed by atoms with Gasteiger partial charge in [-0.05, 0) is 6.42 Å². The number of aliphatic hydroxyl groups is 1. The topological polar surface area (TPSA) is 107 Å². The van der Waals surface area contributed by atoms with Gasteiger partial charge in [0.25, 0.3) is 10.2 Å². The average molecular weight is 254 g/mol. The summed E-state index contributed by atoms with van der Waals surface area (Å²) in [6, 6.07) is -1.30. The van der Waals surface area contributed by atoms with Crippen molar-refractivity contribution in [3.63, 3.8) is 0 Å². The van der Waals surface area contributed by atoms with Crippen LogP contribution in [-0.2, 0) is 15.0 Å². The van der Waals surface area contributed by atoms with E-state index in [1.54, 1.807) is 13.8 Å². The van der Waals surface area contributed by atoms with Gasteiger partial charge in [-0.15, -0.1) is 0 Å². The number of carbonyl (C=O) groups is 1. The first-order chi connectivity index (χ1) is 7.38. The van der Waals surface area contributed by atoms with Crippen LogP contribution < -0.4 is 4.72 Å². The van der Waals surface area contributed by atoms with Gasteiger partial charge < -0.3 is 10.2 Å². The molecule has 0 saturated carbocycles. The summed E-state index contributed by atoms with van der Waals surface area (Å²) in [5, 5.41) is 17.4. The number of nitrogens with zero attached hydrogens (tertiary/aromatic N) is 1. The molecule has 7 nitrogen and oxygen atoms in total. The molecule has 0 saturated heterocycles. The number of nitrogens with one attached hydrogen (secondary N) is 1. The van der Waals surface area contributed by atoms with E-state index in [1.807, 2.05) is 4.72 Å². The molecule has 0 aliphatic rings. The summed E-state index contributed by atoms with van der Waals surface area (Å²) >= 11 is 0. The lowest BCUT2D eigenvalue weighted by Gasteiger charge is -2.21. The molecule has 0 aliphatic heterocycles. The maximum Gasteiger partial charge on any atom is 0.321 e. The monoisotopic (exact) mass is 254 g/mol. The second-order valence-electron chi connectivity index (χ2n) is 3.11. The van der Waals surface area contributed by atoms with Gasteiger partial charge in [0.05, 0.1) is 0 Å². The molecule has 0 aliphatic carbocycles. The van der Waals surface area contributed by atoms with E-state index in [1.165, 1.54) is 0 Å². The van der Waals surface area contributed by atoms with Gasteiger partial charge >= 0.3 is 5.97 Å². The molecule has 3 N–H and O–H groups in total. The van der Waals surface area contributed by atoms with E-state index in [2.05, 4.69) is 0 Å². The molecule has 0 aromatic rings. The lowest BCUT2D eigenvalue weighted by Crippen LogP contribution is -2.48. The van der Waals surface area contributed by atoms with Crippen molar-refractivity contribution in [1.29, 1.82) is 0 Å². The number of aliphatic hydroxyl groups excluding tert-OH is 1. The first-order valence-electron chi connectivity index (χ1n) is 5.00. The first kappa shape index (κ1) is 15.3. The Bertz CT molecular complexity index is 312. The Kier molecular flexibility index (Phi) is 6.49. The molecule has 0 fully saturated rings. The molecule has 1 atom stereocenters.